The highest BCUT2D eigenvalue weighted by atomic mass is 32.2. The van der Waals surface area contributed by atoms with E-state index in [4.69, 9.17) is 4.74 Å². The van der Waals surface area contributed by atoms with Crippen molar-refractivity contribution >= 4 is 23.4 Å². The van der Waals surface area contributed by atoms with E-state index in [0.717, 1.165) is 11.3 Å². The predicted molar refractivity (Wildman–Crippen MR) is 101 cm³/mol. The average Bonchev–Trinajstić information content (AvgIpc) is 3.12. The van der Waals surface area contributed by atoms with Gasteiger partial charge in [-0.1, -0.05) is 17.8 Å². The minimum Gasteiger partial charge on any atom is -0.494 e. The van der Waals surface area contributed by atoms with Crippen LogP contribution in [0.15, 0.2) is 47.6 Å². The number of methoxy groups -OCH3 is 1. The van der Waals surface area contributed by atoms with Crippen LogP contribution >= 0.6 is 11.8 Å². The summed E-state index contributed by atoms with van der Waals surface area (Å²) in [5.41, 5.74) is 2.34. The molecular weight excluding hydrogens is 369 g/mol. The number of aryl methyl sites for hydroxylation is 1. The summed E-state index contributed by atoms with van der Waals surface area (Å²) in [7, 11) is 1.59. The summed E-state index contributed by atoms with van der Waals surface area (Å²) >= 11 is 1.37. The van der Waals surface area contributed by atoms with Gasteiger partial charge in [0.05, 0.1) is 7.11 Å². The van der Waals surface area contributed by atoms with Crippen molar-refractivity contribution in [2.75, 3.05) is 18.2 Å². The summed E-state index contributed by atoms with van der Waals surface area (Å²) in [5.74, 6) is 0.633. The first-order valence-electron chi connectivity index (χ1n) is 8.18. The third-order valence-electron chi connectivity index (χ3n) is 3.69. The quantitative estimate of drug-likeness (QED) is 0.627. The highest BCUT2D eigenvalue weighted by Crippen LogP contribution is 2.27. The monoisotopic (exact) mass is 387 g/mol. The van der Waals surface area contributed by atoms with Crippen LogP contribution in [-0.4, -0.2) is 39.0 Å². The number of hydrogen-bond donors (Lipinski definition) is 1. The maximum Gasteiger partial charge on any atom is 0.225 e. The molecule has 140 valence electrons. The molecule has 0 aliphatic heterocycles. The van der Waals surface area contributed by atoms with Crippen molar-refractivity contribution < 1.29 is 13.9 Å². The Bertz CT molecular complexity index is 930. The molecule has 0 bridgehead atoms. The van der Waals surface area contributed by atoms with Crippen LogP contribution in [-0.2, 0) is 4.79 Å². The van der Waals surface area contributed by atoms with Crippen molar-refractivity contribution in [1.82, 2.24) is 20.2 Å². The molecule has 0 saturated carbocycles. The molecule has 1 heterocycles. The molecule has 9 heteroatoms. The smallest absolute Gasteiger partial charge is 0.225 e. The molecule has 0 radical (unpaired) electrons. The SMILES string of the molecule is COc1ccc(C)cc1-n1nnnc1SCCC(=O)Nc1ccc(F)cc1. The van der Waals surface area contributed by atoms with Crippen molar-refractivity contribution in [3.63, 3.8) is 0 Å². The van der Waals surface area contributed by atoms with Crippen LogP contribution < -0.4 is 10.1 Å². The first-order valence-corrected chi connectivity index (χ1v) is 9.17. The van der Waals surface area contributed by atoms with Gasteiger partial charge in [0, 0.05) is 17.9 Å². The van der Waals surface area contributed by atoms with Crippen LogP contribution in [0.4, 0.5) is 10.1 Å². The minimum absolute atomic E-state index is 0.165. The van der Waals surface area contributed by atoms with Crippen LogP contribution in [0.2, 0.25) is 0 Å². The van der Waals surface area contributed by atoms with Gasteiger partial charge in [0.2, 0.25) is 11.1 Å². The van der Waals surface area contributed by atoms with Gasteiger partial charge >= 0.3 is 0 Å². The number of nitrogens with zero attached hydrogens (tertiary/aromatic N) is 4. The Morgan fingerprint density at radius 1 is 1.26 bits per heavy atom. The summed E-state index contributed by atoms with van der Waals surface area (Å²) in [4.78, 5) is 12.0. The van der Waals surface area contributed by atoms with E-state index in [9.17, 15) is 9.18 Å². The topological polar surface area (TPSA) is 81.9 Å². The van der Waals surface area contributed by atoms with Crippen molar-refractivity contribution in [3.05, 3.63) is 53.8 Å². The summed E-state index contributed by atoms with van der Waals surface area (Å²) in [6.45, 7) is 1.97. The molecule has 0 fully saturated rings. The Hall–Kier alpha value is -2.94. The Kier molecular flexibility index (Phi) is 6.02. The van der Waals surface area contributed by atoms with Crippen LogP contribution in [0.5, 0.6) is 5.75 Å². The first-order chi connectivity index (χ1) is 13.1. The lowest BCUT2D eigenvalue weighted by Gasteiger charge is -2.10. The van der Waals surface area contributed by atoms with Crippen LogP contribution in [0.3, 0.4) is 0 Å². The lowest BCUT2D eigenvalue weighted by Crippen LogP contribution is -2.12. The molecule has 0 spiro atoms. The van der Waals surface area contributed by atoms with Gasteiger partial charge in [0.1, 0.15) is 17.3 Å². The molecule has 7 nitrogen and oxygen atoms in total. The molecule has 0 aliphatic rings. The number of tetrazole rings is 1. The standard InChI is InChI=1S/C18H18FN5O2S/c1-12-3-8-16(26-2)15(11-12)24-18(21-22-23-24)27-10-9-17(25)20-14-6-4-13(19)5-7-14/h3-8,11H,9-10H2,1-2H3,(H,20,25). The van der Waals surface area contributed by atoms with Crippen molar-refractivity contribution in [2.45, 2.75) is 18.5 Å². The molecule has 27 heavy (non-hydrogen) atoms. The Balaban J connectivity index is 1.61. The van der Waals surface area contributed by atoms with E-state index in [-0.39, 0.29) is 18.1 Å². The van der Waals surface area contributed by atoms with Crippen molar-refractivity contribution in [1.29, 1.82) is 0 Å². The van der Waals surface area contributed by atoms with Crippen LogP contribution in [0.25, 0.3) is 5.69 Å². The van der Waals surface area contributed by atoms with E-state index in [0.29, 0.717) is 22.3 Å². The highest BCUT2D eigenvalue weighted by molar-refractivity contribution is 7.99. The van der Waals surface area contributed by atoms with E-state index in [1.165, 1.54) is 36.0 Å². The fourth-order valence-electron chi connectivity index (χ4n) is 2.38. The summed E-state index contributed by atoms with van der Waals surface area (Å²) in [5, 5.41) is 15.1. The molecular formula is C18H18FN5O2S. The van der Waals surface area contributed by atoms with Gasteiger partial charge in [-0.25, -0.2) is 4.39 Å². The molecule has 3 rings (SSSR count). The van der Waals surface area contributed by atoms with Crippen molar-refractivity contribution in [3.8, 4) is 11.4 Å². The van der Waals surface area contributed by atoms with E-state index in [2.05, 4.69) is 20.8 Å². The number of carbonyl (C=O) groups is 1. The van der Waals surface area contributed by atoms with E-state index >= 15 is 0 Å². The lowest BCUT2D eigenvalue weighted by atomic mass is 10.2. The van der Waals surface area contributed by atoms with Crippen LogP contribution in [0.1, 0.15) is 12.0 Å². The number of aromatic nitrogens is 4. The highest BCUT2D eigenvalue weighted by Gasteiger charge is 2.14. The number of halogens is 1. The largest absolute Gasteiger partial charge is 0.494 e. The molecule has 0 atom stereocenters. The predicted octanol–water partition coefficient (Wildman–Crippen LogP) is 3.24. The average molecular weight is 387 g/mol. The fraction of sp³-hybridized carbons (Fsp3) is 0.222. The zero-order valence-corrected chi connectivity index (χ0v) is 15.7. The summed E-state index contributed by atoms with van der Waals surface area (Å²) in [6.07, 6.45) is 0.264. The molecule has 0 unspecified atom stereocenters. The number of benzene rings is 2. The maximum absolute atomic E-state index is 12.9. The number of ether oxygens (including phenoxy) is 1. The van der Waals surface area contributed by atoms with Gasteiger partial charge in [-0.15, -0.1) is 5.10 Å². The van der Waals surface area contributed by atoms with Gasteiger partial charge in [-0.2, -0.15) is 4.68 Å². The number of nitrogens with one attached hydrogen (secondary N) is 1. The normalized spacial score (nSPS) is 10.6. The fourth-order valence-corrected chi connectivity index (χ4v) is 3.20. The molecule has 3 aromatic rings. The number of anilines is 1. The van der Waals surface area contributed by atoms with Crippen LogP contribution in [0, 0.1) is 12.7 Å². The molecule has 2 aromatic carbocycles. The molecule has 0 saturated heterocycles. The Morgan fingerprint density at radius 3 is 2.78 bits per heavy atom. The molecule has 1 aromatic heterocycles. The first kappa shape index (κ1) is 18.8. The molecule has 1 N–H and O–H groups in total. The Morgan fingerprint density at radius 2 is 2.04 bits per heavy atom. The number of rotatable bonds is 7. The lowest BCUT2D eigenvalue weighted by molar-refractivity contribution is -0.115. The maximum atomic E-state index is 12.9. The van der Waals surface area contributed by atoms with E-state index in [1.807, 2.05) is 25.1 Å². The zero-order valence-electron chi connectivity index (χ0n) is 14.8. The van der Waals surface area contributed by atoms with E-state index < -0.39 is 0 Å². The minimum atomic E-state index is -0.345. The molecule has 1 amide bonds. The van der Waals surface area contributed by atoms with Gasteiger partial charge in [-0.3, -0.25) is 4.79 Å². The Labute approximate surface area is 159 Å². The zero-order chi connectivity index (χ0) is 19.2. The van der Waals surface area contributed by atoms with Gasteiger partial charge in [0.25, 0.3) is 0 Å². The number of hydrogen-bond acceptors (Lipinski definition) is 6. The third-order valence-corrected chi connectivity index (χ3v) is 4.61. The molecule has 0 aliphatic carbocycles. The van der Waals surface area contributed by atoms with Gasteiger partial charge in [-0.05, 0) is 59.3 Å². The second-order valence-electron chi connectivity index (χ2n) is 5.70. The third kappa shape index (κ3) is 4.82. The summed E-state index contributed by atoms with van der Waals surface area (Å²) < 4.78 is 19.9. The second kappa shape index (κ2) is 8.63. The van der Waals surface area contributed by atoms with E-state index in [1.54, 1.807) is 11.8 Å². The van der Waals surface area contributed by atoms with Gasteiger partial charge < -0.3 is 10.1 Å². The van der Waals surface area contributed by atoms with Gasteiger partial charge in [0.15, 0.2) is 0 Å². The number of thioether (sulfide) groups is 1. The summed E-state index contributed by atoms with van der Waals surface area (Å²) in [6, 6.07) is 11.4. The number of amides is 1. The van der Waals surface area contributed by atoms with Crippen molar-refractivity contribution in [2.24, 2.45) is 0 Å². The number of carbonyl (C=O) groups excluding carboxylic acids is 1. The second-order valence-corrected chi connectivity index (χ2v) is 6.76.